The van der Waals surface area contributed by atoms with Gasteiger partial charge in [0.15, 0.2) is 0 Å². The summed E-state index contributed by atoms with van der Waals surface area (Å²) in [5.74, 6) is 1.23. The topological polar surface area (TPSA) is 104 Å². The zero-order chi connectivity index (χ0) is 33.0. The van der Waals surface area contributed by atoms with Gasteiger partial charge in [-0.05, 0) is 57.2 Å². The molecule has 5 rings (SSSR count). The summed E-state index contributed by atoms with van der Waals surface area (Å²) in [6.07, 6.45) is 3.32. The number of aryl methyl sites for hydroxylation is 1. The third-order valence-corrected chi connectivity index (χ3v) is 9.21. The van der Waals surface area contributed by atoms with E-state index in [4.69, 9.17) is 18.9 Å². The van der Waals surface area contributed by atoms with Gasteiger partial charge in [0, 0.05) is 105 Å². The molecule has 46 heavy (non-hydrogen) atoms. The number of ether oxygens (including phenoxy) is 4. The standard InChI is InChI=1S/C33H37IN4O7S/c1-33(2,3)45-32(41)37-15-13-36(14-16-37)17-18-43-23-7-6-8-24(20-23)44-28-10-9-22(31(40)42-5)19-26(28)27-21-35(4)30(39)29-25(27)11-12-38(29)46-34/h6-12,19-21H,13-18H2,1-5H3. The molecule has 2 aromatic carbocycles. The predicted octanol–water partition coefficient (Wildman–Crippen LogP) is 6.36. The van der Waals surface area contributed by atoms with Crippen LogP contribution in [0.5, 0.6) is 17.2 Å². The first-order chi connectivity index (χ1) is 22.0. The van der Waals surface area contributed by atoms with Crippen molar-refractivity contribution in [2.75, 3.05) is 46.4 Å². The molecule has 244 valence electrons. The Balaban J connectivity index is 1.31. The van der Waals surface area contributed by atoms with E-state index in [2.05, 4.69) is 26.1 Å². The maximum Gasteiger partial charge on any atom is 0.410 e. The lowest BCUT2D eigenvalue weighted by atomic mass is 10.00. The van der Waals surface area contributed by atoms with E-state index >= 15 is 0 Å². The average molecular weight is 761 g/mol. The number of piperazine rings is 1. The molecule has 1 amide bonds. The average Bonchev–Trinajstić information content (AvgIpc) is 3.47. The quantitative estimate of drug-likeness (QED) is 0.142. The number of hydrogen-bond acceptors (Lipinski definition) is 9. The number of benzene rings is 2. The lowest BCUT2D eigenvalue weighted by Crippen LogP contribution is -2.50. The van der Waals surface area contributed by atoms with Gasteiger partial charge in [0.25, 0.3) is 5.56 Å². The van der Waals surface area contributed by atoms with Gasteiger partial charge in [0.2, 0.25) is 0 Å². The minimum absolute atomic E-state index is 0.130. The van der Waals surface area contributed by atoms with Crippen LogP contribution in [-0.2, 0) is 16.5 Å². The Labute approximate surface area is 284 Å². The highest BCUT2D eigenvalue weighted by Crippen LogP contribution is 2.39. The highest BCUT2D eigenvalue weighted by atomic mass is 127. The summed E-state index contributed by atoms with van der Waals surface area (Å²) in [5.41, 5.74) is 1.63. The van der Waals surface area contributed by atoms with E-state index in [1.54, 1.807) is 36.3 Å². The number of halogens is 1. The number of aromatic nitrogens is 2. The number of esters is 1. The smallest absolute Gasteiger partial charge is 0.410 e. The van der Waals surface area contributed by atoms with Gasteiger partial charge < -0.3 is 28.4 Å². The van der Waals surface area contributed by atoms with Crippen molar-refractivity contribution in [1.29, 1.82) is 0 Å². The minimum Gasteiger partial charge on any atom is -0.492 e. The Morgan fingerprint density at radius 2 is 1.72 bits per heavy atom. The van der Waals surface area contributed by atoms with Crippen LogP contribution < -0.4 is 15.0 Å². The van der Waals surface area contributed by atoms with Crippen LogP contribution in [-0.4, -0.2) is 82.4 Å². The van der Waals surface area contributed by atoms with E-state index in [0.717, 1.165) is 24.0 Å². The fourth-order valence-corrected chi connectivity index (χ4v) is 6.54. The molecule has 11 nitrogen and oxygen atoms in total. The summed E-state index contributed by atoms with van der Waals surface area (Å²) in [4.78, 5) is 41.9. The highest BCUT2D eigenvalue weighted by Gasteiger charge is 2.26. The zero-order valence-electron chi connectivity index (χ0n) is 26.4. The number of rotatable bonds is 9. The van der Waals surface area contributed by atoms with E-state index in [0.29, 0.717) is 60.1 Å². The molecule has 0 N–H and O–H groups in total. The number of fused-ring (bicyclic) bond motifs is 1. The van der Waals surface area contributed by atoms with Crippen molar-refractivity contribution < 1.29 is 28.5 Å². The first-order valence-corrected chi connectivity index (χ1v) is 18.1. The van der Waals surface area contributed by atoms with E-state index in [1.165, 1.54) is 20.8 Å². The van der Waals surface area contributed by atoms with Crippen molar-refractivity contribution in [2.24, 2.45) is 7.05 Å². The van der Waals surface area contributed by atoms with Gasteiger partial charge in [-0.3, -0.25) is 13.7 Å². The summed E-state index contributed by atoms with van der Waals surface area (Å²) >= 11 is 2.14. The van der Waals surface area contributed by atoms with Crippen LogP contribution in [0, 0.1) is 0 Å². The molecule has 0 radical (unpaired) electrons. The summed E-state index contributed by atoms with van der Waals surface area (Å²) in [5, 5.41) is 0.739. The lowest BCUT2D eigenvalue weighted by Gasteiger charge is -2.35. The fourth-order valence-electron chi connectivity index (χ4n) is 5.20. The number of methoxy groups -OCH3 is 1. The first kappa shape index (κ1) is 33.7. The third kappa shape index (κ3) is 7.81. The van der Waals surface area contributed by atoms with Crippen LogP contribution in [0.4, 0.5) is 4.79 Å². The Bertz CT molecular complexity index is 1790. The first-order valence-electron chi connectivity index (χ1n) is 14.8. The van der Waals surface area contributed by atoms with Crippen molar-refractivity contribution in [3.8, 4) is 28.4 Å². The molecule has 1 aliphatic heterocycles. The second kappa shape index (κ2) is 14.4. The van der Waals surface area contributed by atoms with Crippen molar-refractivity contribution >= 4 is 53.3 Å². The number of carbonyl (C=O) groups excluding carboxylic acids is 2. The molecule has 0 unspecified atom stereocenters. The summed E-state index contributed by atoms with van der Waals surface area (Å²) in [7, 11) is 4.44. The highest BCUT2D eigenvalue weighted by molar-refractivity contribution is 14.2. The van der Waals surface area contributed by atoms with Crippen LogP contribution in [0.1, 0.15) is 31.1 Å². The lowest BCUT2D eigenvalue weighted by molar-refractivity contribution is 0.0137. The number of amides is 1. The monoisotopic (exact) mass is 760 g/mol. The van der Waals surface area contributed by atoms with Gasteiger partial charge in [-0.2, -0.15) is 0 Å². The molecular formula is C33H37IN4O7S. The van der Waals surface area contributed by atoms with Crippen LogP contribution in [0.3, 0.4) is 0 Å². The van der Waals surface area contributed by atoms with Gasteiger partial charge in [0.05, 0.1) is 12.7 Å². The van der Waals surface area contributed by atoms with Crippen molar-refractivity contribution in [3.63, 3.8) is 0 Å². The number of nitrogens with zero attached hydrogens (tertiary/aromatic N) is 4. The summed E-state index contributed by atoms with van der Waals surface area (Å²) < 4.78 is 26.3. The molecule has 1 fully saturated rings. The van der Waals surface area contributed by atoms with E-state index in [-0.39, 0.29) is 11.7 Å². The molecule has 3 heterocycles. The van der Waals surface area contributed by atoms with Gasteiger partial charge in [-0.25, -0.2) is 9.59 Å². The van der Waals surface area contributed by atoms with Crippen molar-refractivity contribution in [3.05, 3.63) is 76.8 Å². The Morgan fingerprint density at radius 1 is 0.978 bits per heavy atom. The normalized spacial score (nSPS) is 13.9. The van der Waals surface area contributed by atoms with Gasteiger partial charge >= 0.3 is 12.1 Å². The number of carbonyl (C=O) groups is 2. The Hall–Kier alpha value is -3.69. The van der Waals surface area contributed by atoms with Gasteiger partial charge in [-0.1, -0.05) is 6.07 Å². The van der Waals surface area contributed by atoms with Crippen molar-refractivity contribution in [1.82, 2.24) is 18.3 Å². The molecule has 0 aliphatic carbocycles. The summed E-state index contributed by atoms with van der Waals surface area (Å²) in [6.45, 7) is 9.50. The zero-order valence-corrected chi connectivity index (χ0v) is 29.4. The SMILES string of the molecule is COC(=O)c1ccc(Oc2cccc(OCCN3CCN(C(=O)OC(C)(C)C)CC3)c2)c(-c2cn(C)c(=O)c3c2ccn3SI)c1. The Morgan fingerprint density at radius 3 is 2.41 bits per heavy atom. The molecule has 0 atom stereocenters. The van der Waals surface area contributed by atoms with E-state index < -0.39 is 11.6 Å². The molecule has 2 aromatic heterocycles. The fraction of sp³-hybridized carbons (Fsp3) is 0.364. The molecule has 0 bridgehead atoms. The predicted molar refractivity (Wildman–Crippen MR) is 187 cm³/mol. The molecule has 0 spiro atoms. The largest absolute Gasteiger partial charge is 0.492 e. The third-order valence-electron chi connectivity index (χ3n) is 7.49. The van der Waals surface area contributed by atoms with Gasteiger partial charge in [0.1, 0.15) is 35.0 Å². The molecule has 4 aromatic rings. The van der Waals surface area contributed by atoms with Crippen LogP contribution >= 0.6 is 30.3 Å². The number of pyridine rings is 1. The maximum atomic E-state index is 13.0. The maximum absolute atomic E-state index is 13.0. The van der Waals surface area contributed by atoms with Crippen LogP contribution in [0.15, 0.2) is 65.7 Å². The molecule has 0 saturated carbocycles. The second-order valence-corrected chi connectivity index (χ2v) is 13.6. The van der Waals surface area contributed by atoms with Crippen LogP contribution in [0.2, 0.25) is 0 Å². The Kier molecular flexibility index (Phi) is 10.5. The second-order valence-electron chi connectivity index (χ2n) is 11.9. The van der Waals surface area contributed by atoms with E-state index in [9.17, 15) is 14.4 Å². The molecule has 1 saturated heterocycles. The number of hydrogen-bond donors (Lipinski definition) is 0. The molecule has 1 aliphatic rings. The van der Waals surface area contributed by atoms with Crippen molar-refractivity contribution in [2.45, 2.75) is 26.4 Å². The van der Waals surface area contributed by atoms with Gasteiger partial charge in [-0.15, -0.1) is 0 Å². The minimum atomic E-state index is -0.511. The summed E-state index contributed by atoms with van der Waals surface area (Å²) in [6, 6.07) is 14.4. The van der Waals surface area contributed by atoms with E-state index in [1.807, 2.05) is 61.3 Å². The molecule has 13 heteroatoms. The molecular weight excluding hydrogens is 723 g/mol. The van der Waals surface area contributed by atoms with Crippen LogP contribution in [0.25, 0.3) is 22.0 Å².